The third-order valence-electron chi connectivity index (χ3n) is 2.00. The first-order valence-electron chi connectivity index (χ1n) is 4.71. The summed E-state index contributed by atoms with van der Waals surface area (Å²) in [4.78, 5) is 29.0. The van der Waals surface area contributed by atoms with E-state index >= 15 is 0 Å². The summed E-state index contributed by atoms with van der Waals surface area (Å²) in [5.41, 5.74) is 1.17. The van der Waals surface area contributed by atoms with Gasteiger partial charge in [0.05, 0.1) is 12.1 Å². The van der Waals surface area contributed by atoms with Crippen LogP contribution in [0.2, 0.25) is 0 Å². The minimum absolute atomic E-state index is 0.125. The Bertz CT molecular complexity index is 576. The Kier molecular flexibility index (Phi) is 3.70. The van der Waals surface area contributed by atoms with Crippen LogP contribution in [0.3, 0.4) is 0 Å². The molecule has 0 radical (unpaired) electrons. The molecule has 0 fully saturated rings. The largest absolute Gasteiger partial charge is 0.346 e. The van der Waals surface area contributed by atoms with Crippen molar-refractivity contribution in [1.82, 2.24) is 15.3 Å². The zero-order chi connectivity index (χ0) is 12.3. The van der Waals surface area contributed by atoms with Gasteiger partial charge in [0.25, 0.3) is 5.91 Å². The second-order valence-corrected chi connectivity index (χ2v) is 4.88. The Morgan fingerprint density at radius 2 is 2.35 bits per heavy atom. The fourth-order valence-corrected chi connectivity index (χ4v) is 2.00. The number of H-pyrrole nitrogens is 1. The van der Waals surface area contributed by atoms with Crippen molar-refractivity contribution in [2.45, 2.75) is 6.54 Å². The lowest BCUT2D eigenvalue weighted by Crippen LogP contribution is -2.23. The first kappa shape index (κ1) is 12.0. The average molecular weight is 314 g/mol. The van der Waals surface area contributed by atoms with E-state index in [0.29, 0.717) is 22.4 Å². The Balaban J connectivity index is 1.98. The zero-order valence-corrected chi connectivity index (χ0v) is 11.0. The predicted octanol–water partition coefficient (Wildman–Crippen LogP) is 1.52. The maximum atomic E-state index is 11.7. The Morgan fingerprint density at radius 1 is 1.53 bits per heavy atom. The van der Waals surface area contributed by atoms with E-state index in [1.54, 1.807) is 17.5 Å². The minimum Gasteiger partial charge on any atom is -0.346 e. The van der Waals surface area contributed by atoms with E-state index in [2.05, 4.69) is 31.2 Å². The van der Waals surface area contributed by atoms with E-state index < -0.39 is 0 Å². The number of thiazole rings is 1. The normalized spacial score (nSPS) is 10.2. The highest BCUT2D eigenvalue weighted by atomic mass is 79.9. The molecular formula is C10H8BrN3O2S. The molecule has 0 spiro atoms. The molecule has 0 aliphatic carbocycles. The fraction of sp³-hybridized carbons (Fsp3) is 0.100. The lowest BCUT2D eigenvalue weighted by atomic mass is 10.2. The molecule has 2 rings (SSSR count). The van der Waals surface area contributed by atoms with Crippen LogP contribution < -0.4 is 10.2 Å². The molecule has 0 aliphatic heterocycles. The molecule has 0 atom stereocenters. The Morgan fingerprint density at radius 3 is 2.94 bits per heavy atom. The van der Waals surface area contributed by atoms with Crippen LogP contribution in [0.4, 0.5) is 0 Å². The molecule has 0 unspecified atom stereocenters. The molecule has 2 N–H and O–H groups in total. The van der Waals surface area contributed by atoms with Gasteiger partial charge < -0.3 is 10.3 Å². The van der Waals surface area contributed by atoms with Crippen molar-refractivity contribution in [1.29, 1.82) is 0 Å². The minimum atomic E-state index is -0.225. The number of halogens is 1. The van der Waals surface area contributed by atoms with E-state index in [4.69, 9.17) is 0 Å². The van der Waals surface area contributed by atoms with Gasteiger partial charge in [-0.15, -0.1) is 0 Å². The van der Waals surface area contributed by atoms with E-state index in [-0.39, 0.29) is 10.8 Å². The summed E-state index contributed by atoms with van der Waals surface area (Å²) in [6.07, 6.45) is 1.48. The summed E-state index contributed by atoms with van der Waals surface area (Å²) in [7, 11) is 0. The van der Waals surface area contributed by atoms with E-state index in [1.165, 1.54) is 6.20 Å². The summed E-state index contributed by atoms with van der Waals surface area (Å²) >= 11 is 4.26. The van der Waals surface area contributed by atoms with Gasteiger partial charge in [-0.25, -0.2) is 4.98 Å². The number of rotatable bonds is 3. The van der Waals surface area contributed by atoms with E-state index in [1.807, 2.05) is 0 Å². The quantitative estimate of drug-likeness (QED) is 0.844. The molecular weight excluding hydrogens is 306 g/mol. The van der Waals surface area contributed by atoms with Crippen molar-refractivity contribution in [2.24, 2.45) is 0 Å². The monoisotopic (exact) mass is 313 g/mol. The topological polar surface area (TPSA) is 74.8 Å². The van der Waals surface area contributed by atoms with E-state index in [9.17, 15) is 9.59 Å². The summed E-state index contributed by atoms with van der Waals surface area (Å²) < 4.78 is 0.677. The zero-order valence-electron chi connectivity index (χ0n) is 8.57. The molecule has 0 aliphatic rings. The molecule has 0 saturated heterocycles. The van der Waals surface area contributed by atoms with Gasteiger partial charge in [-0.3, -0.25) is 9.59 Å². The van der Waals surface area contributed by atoms with Gasteiger partial charge in [0.2, 0.25) is 0 Å². The van der Waals surface area contributed by atoms with Crippen molar-refractivity contribution < 1.29 is 4.79 Å². The van der Waals surface area contributed by atoms with Crippen LogP contribution in [0.15, 0.2) is 33.1 Å². The third kappa shape index (κ3) is 3.24. The van der Waals surface area contributed by atoms with Crippen LogP contribution in [0.5, 0.6) is 0 Å². The highest BCUT2D eigenvalue weighted by Crippen LogP contribution is 2.06. The number of hydrogen-bond donors (Lipinski definition) is 2. The summed E-state index contributed by atoms with van der Waals surface area (Å²) in [5.74, 6) is -0.225. The predicted molar refractivity (Wildman–Crippen MR) is 68.0 cm³/mol. The number of hydrogen-bond acceptors (Lipinski definition) is 4. The number of carbonyl (C=O) groups is 1. The fourth-order valence-electron chi connectivity index (χ4n) is 1.19. The Labute approximate surface area is 109 Å². The van der Waals surface area contributed by atoms with Gasteiger partial charge in [0, 0.05) is 17.3 Å². The first-order chi connectivity index (χ1) is 8.15. The molecule has 5 nitrogen and oxygen atoms in total. The highest BCUT2D eigenvalue weighted by Gasteiger charge is 2.06. The molecule has 17 heavy (non-hydrogen) atoms. The number of amides is 1. The number of aromatic amines is 1. The first-order valence-corrected chi connectivity index (χ1v) is 6.39. The molecule has 7 heteroatoms. The van der Waals surface area contributed by atoms with Gasteiger partial charge in [-0.05, 0) is 28.1 Å². The number of carbonyl (C=O) groups excluding carboxylic acids is 1. The van der Waals surface area contributed by atoms with Gasteiger partial charge in [-0.2, -0.15) is 0 Å². The van der Waals surface area contributed by atoms with Crippen molar-refractivity contribution in [2.75, 3.05) is 0 Å². The van der Waals surface area contributed by atoms with Crippen molar-refractivity contribution >= 4 is 33.2 Å². The van der Waals surface area contributed by atoms with Gasteiger partial charge >= 0.3 is 4.87 Å². The maximum absolute atomic E-state index is 11.7. The SMILES string of the molecule is O=C(NCc1csc(=O)[nH]1)c1ccc(Br)nc1. The van der Waals surface area contributed by atoms with E-state index in [0.717, 1.165) is 11.3 Å². The molecule has 2 aromatic rings. The molecule has 88 valence electrons. The number of pyridine rings is 1. The summed E-state index contributed by atoms with van der Waals surface area (Å²) in [6.45, 7) is 0.299. The molecule has 2 heterocycles. The second kappa shape index (κ2) is 5.24. The van der Waals surface area contributed by atoms with Crippen molar-refractivity contribution in [3.8, 4) is 0 Å². The molecule has 0 aromatic carbocycles. The smallest absolute Gasteiger partial charge is 0.304 e. The van der Waals surface area contributed by atoms with Gasteiger partial charge in [-0.1, -0.05) is 11.3 Å². The number of nitrogens with one attached hydrogen (secondary N) is 2. The standard InChI is InChI=1S/C10H8BrN3O2S/c11-8-2-1-6(3-12-8)9(15)13-4-7-5-17-10(16)14-7/h1-3,5H,4H2,(H,13,15)(H,14,16). The van der Waals surface area contributed by atoms with Crippen LogP contribution in [0, 0.1) is 0 Å². The van der Waals surface area contributed by atoms with Gasteiger partial charge in [0.1, 0.15) is 4.60 Å². The lowest BCUT2D eigenvalue weighted by molar-refractivity contribution is 0.0950. The number of nitrogens with zero attached hydrogens (tertiary/aromatic N) is 1. The summed E-state index contributed by atoms with van der Waals surface area (Å²) in [5, 5.41) is 4.37. The molecule has 0 saturated carbocycles. The van der Waals surface area contributed by atoms with Crippen LogP contribution in [0.25, 0.3) is 0 Å². The molecule has 2 aromatic heterocycles. The van der Waals surface area contributed by atoms with Crippen LogP contribution in [-0.2, 0) is 6.54 Å². The van der Waals surface area contributed by atoms with Crippen LogP contribution in [0.1, 0.15) is 16.1 Å². The van der Waals surface area contributed by atoms with Crippen LogP contribution >= 0.6 is 27.3 Å². The number of aromatic nitrogens is 2. The average Bonchev–Trinajstić information content (AvgIpc) is 2.73. The second-order valence-electron chi connectivity index (χ2n) is 3.23. The molecule has 0 bridgehead atoms. The van der Waals surface area contributed by atoms with Crippen molar-refractivity contribution in [3.05, 3.63) is 49.2 Å². The Hall–Kier alpha value is -1.47. The lowest BCUT2D eigenvalue weighted by Gasteiger charge is -2.02. The van der Waals surface area contributed by atoms with Gasteiger partial charge in [0.15, 0.2) is 0 Å². The third-order valence-corrected chi connectivity index (χ3v) is 3.19. The summed E-state index contributed by atoms with van der Waals surface area (Å²) in [6, 6.07) is 3.37. The maximum Gasteiger partial charge on any atom is 0.304 e. The molecule has 1 amide bonds. The van der Waals surface area contributed by atoms with Crippen LogP contribution in [-0.4, -0.2) is 15.9 Å². The highest BCUT2D eigenvalue weighted by molar-refractivity contribution is 9.10. The van der Waals surface area contributed by atoms with Crippen molar-refractivity contribution in [3.63, 3.8) is 0 Å².